The number of amides is 1. The van der Waals surface area contributed by atoms with Gasteiger partial charge in [-0.15, -0.1) is 0 Å². The van der Waals surface area contributed by atoms with Gasteiger partial charge in [0.2, 0.25) is 0 Å². The van der Waals surface area contributed by atoms with Crippen molar-refractivity contribution in [3.8, 4) is 0 Å². The summed E-state index contributed by atoms with van der Waals surface area (Å²) in [6, 6.07) is 10.8. The van der Waals surface area contributed by atoms with Gasteiger partial charge in [-0.3, -0.25) is 4.79 Å². The first-order chi connectivity index (χ1) is 8.99. The summed E-state index contributed by atoms with van der Waals surface area (Å²) in [6.45, 7) is 3.83. The van der Waals surface area contributed by atoms with E-state index in [1.165, 1.54) is 0 Å². The van der Waals surface area contributed by atoms with Gasteiger partial charge < -0.3 is 11.1 Å². The number of anilines is 2. The van der Waals surface area contributed by atoms with E-state index in [9.17, 15) is 4.79 Å². The number of nitrogen functional groups attached to an aromatic ring is 1. The van der Waals surface area contributed by atoms with Crippen molar-refractivity contribution in [2.24, 2.45) is 0 Å². The number of hydrogen-bond acceptors (Lipinski definition) is 2. The van der Waals surface area contributed by atoms with Gasteiger partial charge in [-0.1, -0.05) is 29.8 Å². The molecule has 0 aliphatic carbocycles. The largest absolute Gasteiger partial charge is 0.398 e. The lowest BCUT2D eigenvalue weighted by atomic mass is 10.0. The van der Waals surface area contributed by atoms with Crippen LogP contribution in [0, 0.1) is 13.8 Å². The Labute approximate surface area is 117 Å². The Balaban J connectivity index is 2.28. The quantitative estimate of drug-likeness (QED) is 0.819. The number of aryl methyl sites for hydroxylation is 2. The second kappa shape index (κ2) is 5.33. The lowest BCUT2D eigenvalue weighted by Gasteiger charge is -2.11. The average Bonchev–Trinajstić information content (AvgIpc) is 2.33. The lowest BCUT2D eigenvalue weighted by molar-refractivity contribution is 0.102. The molecule has 0 radical (unpaired) electrons. The summed E-state index contributed by atoms with van der Waals surface area (Å²) in [5, 5.41) is 3.26. The summed E-state index contributed by atoms with van der Waals surface area (Å²) in [5.74, 6) is -0.142. The number of hydrogen-bond donors (Lipinski definition) is 2. The molecule has 0 aromatic heterocycles. The number of benzene rings is 2. The number of carbonyl (C=O) groups is 1. The highest BCUT2D eigenvalue weighted by molar-refractivity contribution is 6.33. The monoisotopic (exact) mass is 274 g/mol. The molecule has 0 spiro atoms. The molecule has 2 aromatic rings. The van der Waals surface area contributed by atoms with Crippen molar-refractivity contribution in [1.29, 1.82) is 0 Å². The standard InChI is InChI=1S/C15H15ClN2O/c1-9-4-3-5-10(2)14(9)15(19)18-11-6-7-13(17)12(16)8-11/h3-8H,17H2,1-2H3,(H,18,19). The van der Waals surface area contributed by atoms with Crippen molar-refractivity contribution in [2.45, 2.75) is 13.8 Å². The van der Waals surface area contributed by atoms with Gasteiger partial charge in [-0.25, -0.2) is 0 Å². The molecule has 2 rings (SSSR count). The van der Waals surface area contributed by atoms with Crippen molar-refractivity contribution in [1.82, 2.24) is 0 Å². The van der Waals surface area contributed by atoms with Crippen LogP contribution >= 0.6 is 11.6 Å². The van der Waals surface area contributed by atoms with Gasteiger partial charge in [-0.2, -0.15) is 0 Å². The highest BCUT2D eigenvalue weighted by Crippen LogP contribution is 2.23. The van der Waals surface area contributed by atoms with Crippen molar-refractivity contribution in [2.75, 3.05) is 11.1 Å². The summed E-state index contributed by atoms with van der Waals surface area (Å²) >= 11 is 5.93. The van der Waals surface area contributed by atoms with Gasteiger partial charge in [0.15, 0.2) is 0 Å². The van der Waals surface area contributed by atoms with E-state index in [-0.39, 0.29) is 5.91 Å². The van der Waals surface area contributed by atoms with Crippen molar-refractivity contribution >= 4 is 28.9 Å². The van der Waals surface area contributed by atoms with Gasteiger partial charge >= 0.3 is 0 Å². The van der Waals surface area contributed by atoms with Gasteiger partial charge in [0.1, 0.15) is 0 Å². The summed E-state index contributed by atoms with van der Waals surface area (Å²) < 4.78 is 0. The minimum absolute atomic E-state index is 0.142. The van der Waals surface area contributed by atoms with Gasteiger partial charge in [0.25, 0.3) is 5.91 Å². The molecule has 0 bridgehead atoms. The first-order valence-corrected chi connectivity index (χ1v) is 6.29. The molecule has 0 fully saturated rings. The molecule has 98 valence electrons. The maximum Gasteiger partial charge on any atom is 0.256 e. The Morgan fingerprint density at radius 3 is 2.37 bits per heavy atom. The number of nitrogens with one attached hydrogen (secondary N) is 1. The molecule has 0 unspecified atom stereocenters. The third-order valence-electron chi connectivity index (χ3n) is 2.97. The van der Waals surface area contributed by atoms with Gasteiger partial charge in [0.05, 0.1) is 10.7 Å². The molecule has 0 heterocycles. The second-order valence-corrected chi connectivity index (χ2v) is 4.86. The molecule has 19 heavy (non-hydrogen) atoms. The molecule has 2 aromatic carbocycles. The molecule has 1 amide bonds. The van der Waals surface area contributed by atoms with E-state index >= 15 is 0 Å². The van der Waals surface area contributed by atoms with Gasteiger partial charge in [-0.05, 0) is 43.2 Å². The lowest BCUT2D eigenvalue weighted by Crippen LogP contribution is -2.15. The fourth-order valence-corrected chi connectivity index (χ4v) is 2.15. The number of halogens is 1. The Kier molecular flexibility index (Phi) is 3.76. The molecule has 3 N–H and O–H groups in total. The normalized spacial score (nSPS) is 10.3. The van der Waals surface area contributed by atoms with Crippen molar-refractivity contribution in [3.63, 3.8) is 0 Å². The molecule has 0 atom stereocenters. The van der Waals surface area contributed by atoms with E-state index in [0.717, 1.165) is 11.1 Å². The van der Waals surface area contributed by atoms with E-state index < -0.39 is 0 Å². The third-order valence-corrected chi connectivity index (χ3v) is 3.29. The summed E-state index contributed by atoms with van der Waals surface area (Å²) in [4.78, 5) is 12.3. The molecule has 4 heteroatoms. The Hall–Kier alpha value is -2.00. The third kappa shape index (κ3) is 2.88. The van der Waals surface area contributed by atoms with Crippen LogP contribution in [-0.4, -0.2) is 5.91 Å². The highest BCUT2D eigenvalue weighted by Gasteiger charge is 2.12. The van der Waals surface area contributed by atoms with E-state index in [1.807, 2.05) is 32.0 Å². The average molecular weight is 275 g/mol. The molecule has 0 saturated carbocycles. The molecule has 3 nitrogen and oxygen atoms in total. The van der Waals surface area contributed by atoms with Crippen LogP contribution in [0.5, 0.6) is 0 Å². The Morgan fingerprint density at radius 1 is 1.16 bits per heavy atom. The fourth-order valence-electron chi connectivity index (χ4n) is 1.97. The van der Waals surface area contributed by atoms with E-state index in [1.54, 1.807) is 18.2 Å². The second-order valence-electron chi connectivity index (χ2n) is 4.46. The topological polar surface area (TPSA) is 55.1 Å². The fraction of sp³-hybridized carbons (Fsp3) is 0.133. The predicted octanol–water partition coefficient (Wildman–Crippen LogP) is 3.79. The van der Waals surface area contributed by atoms with E-state index in [0.29, 0.717) is 22.0 Å². The van der Waals surface area contributed by atoms with Crippen LogP contribution in [0.15, 0.2) is 36.4 Å². The Bertz CT molecular complexity index is 618. The zero-order valence-corrected chi connectivity index (χ0v) is 11.6. The molecule has 0 aliphatic rings. The summed E-state index contributed by atoms with van der Waals surface area (Å²) in [7, 11) is 0. The maximum atomic E-state index is 12.3. The maximum absolute atomic E-state index is 12.3. The molecule has 0 saturated heterocycles. The molecular formula is C15H15ClN2O. The number of carbonyl (C=O) groups excluding carboxylic acids is 1. The van der Waals surface area contributed by atoms with Crippen LogP contribution < -0.4 is 11.1 Å². The van der Waals surface area contributed by atoms with Crippen molar-refractivity contribution < 1.29 is 4.79 Å². The van der Waals surface area contributed by atoms with Crippen LogP contribution in [0.3, 0.4) is 0 Å². The minimum Gasteiger partial charge on any atom is -0.398 e. The van der Waals surface area contributed by atoms with Crippen LogP contribution in [0.2, 0.25) is 5.02 Å². The predicted molar refractivity (Wildman–Crippen MR) is 79.7 cm³/mol. The van der Waals surface area contributed by atoms with E-state index in [2.05, 4.69) is 5.32 Å². The highest BCUT2D eigenvalue weighted by atomic mass is 35.5. The van der Waals surface area contributed by atoms with E-state index in [4.69, 9.17) is 17.3 Å². The first kappa shape index (κ1) is 13.4. The molecular weight excluding hydrogens is 260 g/mol. The number of rotatable bonds is 2. The zero-order valence-electron chi connectivity index (χ0n) is 10.8. The van der Waals surface area contributed by atoms with Crippen LogP contribution in [0.1, 0.15) is 21.5 Å². The summed E-state index contributed by atoms with van der Waals surface area (Å²) in [6.07, 6.45) is 0. The zero-order chi connectivity index (χ0) is 14.0. The van der Waals surface area contributed by atoms with Crippen molar-refractivity contribution in [3.05, 3.63) is 58.1 Å². The van der Waals surface area contributed by atoms with Crippen LogP contribution in [-0.2, 0) is 0 Å². The van der Waals surface area contributed by atoms with Crippen LogP contribution in [0.25, 0.3) is 0 Å². The molecule has 0 aliphatic heterocycles. The van der Waals surface area contributed by atoms with Crippen LogP contribution in [0.4, 0.5) is 11.4 Å². The van der Waals surface area contributed by atoms with Gasteiger partial charge in [0, 0.05) is 11.3 Å². The minimum atomic E-state index is -0.142. The first-order valence-electron chi connectivity index (χ1n) is 5.91. The Morgan fingerprint density at radius 2 is 1.79 bits per heavy atom. The summed E-state index contributed by atoms with van der Waals surface area (Å²) in [5.41, 5.74) is 9.34. The smallest absolute Gasteiger partial charge is 0.256 e. The number of nitrogens with two attached hydrogens (primary N) is 1. The SMILES string of the molecule is Cc1cccc(C)c1C(=O)Nc1ccc(N)c(Cl)c1.